The van der Waals surface area contributed by atoms with Crippen LogP contribution in [0.25, 0.3) is 0 Å². The van der Waals surface area contributed by atoms with Crippen molar-refractivity contribution in [1.29, 1.82) is 0 Å². The minimum Gasteiger partial charge on any atom is -0.367 e. The molecule has 1 aromatic heterocycles. The van der Waals surface area contributed by atoms with Crippen LogP contribution in [0.3, 0.4) is 0 Å². The SMILES string of the molecule is Cc1nn2c(c1C(C)(C)C)COC(C)(C)C2. The summed E-state index contributed by atoms with van der Waals surface area (Å²) in [6.07, 6.45) is 0. The number of fused-ring (bicyclic) bond motifs is 1. The van der Waals surface area contributed by atoms with E-state index in [-0.39, 0.29) is 11.0 Å². The van der Waals surface area contributed by atoms with E-state index in [4.69, 9.17) is 4.74 Å². The lowest BCUT2D eigenvalue weighted by atomic mass is 9.85. The molecule has 0 spiro atoms. The number of hydrogen-bond acceptors (Lipinski definition) is 2. The van der Waals surface area contributed by atoms with Crippen LogP contribution in [0.1, 0.15) is 51.6 Å². The van der Waals surface area contributed by atoms with Crippen LogP contribution in [0.5, 0.6) is 0 Å². The zero-order valence-corrected chi connectivity index (χ0v) is 11.2. The van der Waals surface area contributed by atoms with Gasteiger partial charge < -0.3 is 4.74 Å². The lowest BCUT2D eigenvalue weighted by molar-refractivity contribution is -0.0667. The molecule has 1 aromatic rings. The Morgan fingerprint density at radius 3 is 2.50 bits per heavy atom. The van der Waals surface area contributed by atoms with Crippen molar-refractivity contribution >= 4 is 0 Å². The monoisotopic (exact) mass is 222 g/mol. The Bertz CT molecular complexity index is 410. The highest BCUT2D eigenvalue weighted by atomic mass is 16.5. The first-order valence-corrected chi connectivity index (χ1v) is 5.91. The quantitative estimate of drug-likeness (QED) is 0.675. The summed E-state index contributed by atoms with van der Waals surface area (Å²) in [7, 11) is 0. The molecule has 1 aliphatic heterocycles. The molecule has 0 N–H and O–H groups in total. The summed E-state index contributed by atoms with van der Waals surface area (Å²) in [4.78, 5) is 0. The van der Waals surface area contributed by atoms with Crippen LogP contribution < -0.4 is 0 Å². The van der Waals surface area contributed by atoms with Crippen molar-refractivity contribution in [3.8, 4) is 0 Å². The number of aromatic nitrogens is 2. The second-order valence-electron chi connectivity index (χ2n) is 6.36. The summed E-state index contributed by atoms with van der Waals surface area (Å²) in [6, 6.07) is 0. The average molecular weight is 222 g/mol. The number of ether oxygens (including phenoxy) is 1. The van der Waals surface area contributed by atoms with Gasteiger partial charge in [-0.15, -0.1) is 0 Å². The Labute approximate surface area is 97.8 Å². The van der Waals surface area contributed by atoms with Crippen molar-refractivity contribution in [3.63, 3.8) is 0 Å². The highest BCUT2D eigenvalue weighted by Crippen LogP contribution is 2.33. The van der Waals surface area contributed by atoms with Crippen molar-refractivity contribution < 1.29 is 4.74 Å². The lowest BCUT2D eigenvalue weighted by Crippen LogP contribution is -2.36. The molecule has 1 aliphatic rings. The molecule has 0 radical (unpaired) electrons. The zero-order chi connectivity index (χ0) is 12.1. The predicted molar refractivity (Wildman–Crippen MR) is 64.5 cm³/mol. The van der Waals surface area contributed by atoms with Crippen LogP contribution in [0.4, 0.5) is 0 Å². The fourth-order valence-corrected chi connectivity index (χ4v) is 2.55. The van der Waals surface area contributed by atoms with Gasteiger partial charge in [0.25, 0.3) is 0 Å². The summed E-state index contributed by atoms with van der Waals surface area (Å²) >= 11 is 0. The third-order valence-electron chi connectivity index (χ3n) is 3.11. The van der Waals surface area contributed by atoms with Gasteiger partial charge in [0.15, 0.2) is 0 Å². The number of rotatable bonds is 0. The maximum atomic E-state index is 5.88. The molecular weight excluding hydrogens is 200 g/mol. The molecule has 0 saturated carbocycles. The van der Waals surface area contributed by atoms with Gasteiger partial charge in [0.1, 0.15) is 0 Å². The first-order chi connectivity index (χ1) is 7.21. The van der Waals surface area contributed by atoms with Crippen LogP contribution >= 0.6 is 0 Å². The minimum absolute atomic E-state index is 0.0966. The van der Waals surface area contributed by atoms with E-state index in [0.717, 1.165) is 12.2 Å². The Kier molecular flexibility index (Phi) is 2.42. The van der Waals surface area contributed by atoms with Gasteiger partial charge in [-0.25, -0.2) is 0 Å². The van der Waals surface area contributed by atoms with Crippen molar-refractivity contribution in [2.24, 2.45) is 0 Å². The molecule has 0 aliphatic carbocycles. The highest BCUT2D eigenvalue weighted by molar-refractivity contribution is 5.32. The summed E-state index contributed by atoms with van der Waals surface area (Å²) in [5, 5.41) is 4.65. The van der Waals surface area contributed by atoms with Gasteiger partial charge in [0.2, 0.25) is 0 Å². The molecule has 0 aromatic carbocycles. The molecule has 3 nitrogen and oxygen atoms in total. The number of aryl methyl sites for hydroxylation is 1. The normalized spacial score (nSPS) is 19.6. The molecule has 90 valence electrons. The van der Waals surface area contributed by atoms with Crippen molar-refractivity contribution in [2.75, 3.05) is 0 Å². The molecule has 0 fully saturated rings. The van der Waals surface area contributed by atoms with E-state index < -0.39 is 0 Å². The van der Waals surface area contributed by atoms with E-state index in [0.29, 0.717) is 6.61 Å². The van der Waals surface area contributed by atoms with E-state index in [1.807, 2.05) is 0 Å². The fourth-order valence-electron chi connectivity index (χ4n) is 2.55. The van der Waals surface area contributed by atoms with Gasteiger partial charge >= 0.3 is 0 Å². The fraction of sp³-hybridized carbons (Fsp3) is 0.769. The van der Waals surface area contributed by atoms with Gasteiger partial charge in [-0.3, -0.25) is 4.68 Å². The third-order valence-corrected chi connectivity index (χ3v) is 3.11. The van der Waals surface area contributed by atoms with Gasteiger partial charge in [0, 0.05) is 5.56 Å². The van der Waals surface area contributed by atoms with Gasteiger partial charge in [-0.2, -0.15) is 5.10 Å². The van der Waals surface area contributed by atoms with E-state index in [1.165, 1.54) is 11.3 Å². The third kappa shape index (κ3) is 1.88. The summed E-state index contributed by atoms with van der Waals surface area (Å²) < 4.78 is 8.00. The maximum absolute atomic E-state index is 5.88. The van der Waals surface area contributed by atoms with Crippen molar-refractivity contribution in [1.82, 2.24) is 9.78 Å². The van der Waals surface area contributed by atoms with E-state index in [9.17, 15) is 0 Å². The zero-order valence-electron chi connectivity index (χ0n) is 11.2. The highest BCUT2D eigenvalue weighted by Gasteiger charge is 2.32. The second kappa shape index (κ2) is 3.33. The first-order valence-electron chi connectivity index (χ1n) is 5.91. The molecule has 3 heteroatoms. The van der Waals surface area contributed by atoms with Crippen LogP contribution in [-0.2, 0) is 23.3 Å². The van der Waals surface area contributed by atoms with Crippen LogP contribution in [-0.4, -0.2) is 15.4 Å². The van der Waals surface area contributed by atoms with Crippen molar-refractivity contribution in [2.45, 2.75) is 65.7 Å². The summed E-state index contributed by atoms with van der Waals surface area (Å²) in [6.45, 7) is 14.6. The molecule has 2 rings (SSSR count). The molecule has 0 unspecified atom stereocenters. The molecule has 0 bridgehead atoms. The summed E-state index contributed by atoms with van der Waals surface area (Å²) in [5.74, 6) is 0. The van der Waals surface area contributed by atoms with E-state index in [2.05, 4.69) is 51.3 Å². The molecule has 0 atom stereocenters. The standard InChI is InChI=1S/C13H22N2O/c1-9-11(12(2,3)4)10-7-16-13(5,6)8-15(10)14-9/h7-8H2,1-6H3. The largest absolute Gasteiger partial charge is 0.367 e. The van der Waals surface area contributed by atoms with Crippen molar-refractivity contribution in [3.05, 3.63) is 17.0 Å². The van der Waals surface area contributed by atoms with Crippen LogP contribution in [0.2, 0.25) is 0 Å². The Morgan fingerprint density at radius 1 is 1.31 bits per heavy atom. The molecule has 2 heterocycles. The Morgan fingerprint density at radius 2 is 1.94 bits per heavy atom. The Balaban J connectivity index is 2.49. The van der Waals surface area contributed by atoms with Gasteiger partial charge in [-0.05, 0) is 26.2 Å². The topological polar surface area (TPSA) is 27.1 Å². The van der Waals surface area contributed by atoms with Crippen LogP contribution in [0.15, 0.2) is 0 Å². The van der Waals surface area contributed by atoms with Gasteiger partial charge in [-0.1, -0.05) is 20.8 Å². The minimum atomic E-state index is -0.0966. The van der Waals surface area contributed by atoms with E-state index in [1.54, 1.807) is 0 Å². The molecule has 0 saturated heterocycles. The average Bonchev–Trinajstić information content (AvgIpc) is 2.36. The second-order valence-corrected chi connectivity index (χ2v) is 6.36. The smallest absolute Gasteiger partial charge is 0.0896 e. The number of nitrogens with zero attached hydrogens (tertiary/aromatic N) is 2. The molecule has 0 amide bonds. The summed E-state index contributed by atoms with van der Waals surface area (Å²) in [5.41, 5.74) is 3.79. The van der Waals surface area contributed by atoms with E-state index >= 15 is 0 Å². The lowest BCUT2D eigenvalue weighted by Gasteiger charge is -2.32. The predicted octanol–water partition coefficient (Wildman–Crippen LogP) is 2.80. The maximum Gasteiger partial charge on any atom is 0.0896 e. The molecule has 16 heavy (non-hydrogen) atoms. The first kappa shape index (κ1) is 11.6. The van der Waals surface area contributed by atoms with Gasteiger partial charge in [0.05, 0.1) is 30.1 Å². The van der Waals surface area contributed by atoms with Crippen LogP contribution in [0, 0.1) is 6.92 Å². The molecular formula is C13H22N2O. The number of hydrogen-bond donors (Lipinski definition) is 0. The Hall–Kier alpha value is -0.830.